The van der Waals surface area contributed by atoms with E-state index in [2.05, 4.69) is 17.1 Å². The second-order valence-corrected chi connectivity index (χ2v) is 7.02. The highest BCUT2D eigenvalue weighted by molar-refractivity contribution is 6.30. The standard InChI is InChI=1S/C20H26ClN3O3/c1-13(24(2)16-6-4-15(21)5-7-16)9-10-23-12-19(26)14-3-8-18(25)17(11-14)20(22)27/h3-8,11,13,19,23,25-26H,9-10,12H2,1-2H3,(H2,22,27). The first-order chi connectivity index (χ1) is 12.8. The molecule has 0 aliphatic rings. The summed E-state index contributed by atoms with van der Waals surface area (Å²) >= 11 is 5.92. The molecule has 27 heavy (non-hydrogen) atoms. The van der Waals surface area contributed by atoms with Crippen LogP contribution in [0.1, 0.15) is 35.4 Å². The predicted molar refractivity (Wildman–Crippen MR) is 108 cm³/mol. The molecule has 0 saturated heterocycles. The quantitative estimate of drug-likeness (QED) is 0.492. The van der Waals surface area contributed by atoms with Crippen LogP contribution in [0, 0.1) is 0 Å². The van der Waals surface area contributed by atoms with E-state index >= 15 is 0 Å². The van der Waals surface area contributed by atoms with Gasteiger partial charge in [0.1, 0.15) is 5.75 Å². The Balaban J connectivity index is 1.81. The lowest BCUT2D eigenvalue weighted by atomic mass is 10.0. The second kappa shape index (κ2) is 9.60. The molecule has 2 atom stereocenters. The zero-order valence-corrected chi connectivity index (χ0v) is 16.3. The van der Waals surface area contributed by atoms with Crippen molar-refractivity contribution in [1.82, 2.24) is 5.32 Å². The zero-order valence-electron chi connectivity index (χ0n) is 15.5. The summed E-state index contributed by atoms with van der Waals surface area (Å²) in [5.74, 6) is -0.918. The molecular weight excluding hydrogens is 366 g/mol. The lowest BCUT2D eigenvalue weighted by Gasteiger charge is -2.27. The maximum atomic E-state index is 11.3. The van der Waals surface area contributed by atoms with Crippen molar-refractivity contribution in [3.05, 3.63) is 58.6 Å². The molecule has 0 bridgehead atoms. The van der Waals surface area contributed by atoms with Crippen molar-refractivity contribution in [2.75, 3.05) is 25.0 Å². The smallest absolute Gasteiger partial charge is 0.252 e. The van der Waals surface area contributed by atoms with Crippen molar-refractivity contribution in [1.29, 1.82) is 0 Å². The van der Waals surface area contributed by atoms with Gasteiger partial charge in [0.15, 0.2) is 0 Å². The van der Waals surface area contributed by atoms with Crippen LogP contribution in [0.15, 0.2) is 42.5 Å². The average Bonchev–Trinajstić information content (AvgIpc) is 2.65. The van der Waals surface area contributed by atoms with Crippen molar-refractivity contribution in [3.8, 4) is 5.75 Å². The van der Waals surface area contributed by atoms with Crippen LogP contribution in [0.4, 0.5) is 5.69 Å². The number of hydrogen-bond acceptors (Lipinski definition) is 5. The first-order valence-corrected chi connectivity index (χ1v) is 9.17. The number of phenols is 1. The lowest BCUT2D eigenvalue weighted by molar-refractivity contribution is 0.0997. The third kappa shape index (κ3) is 5.85. The van der Waals surface area contributed by atoms with Crippen LogP contribution < -0.4 is 16.0 Å². The Morgan fingerprint density at radius 1 is 1.26 bits per heavy atom. The zero-order chi connectivity index (χ0) is 20.0. The molecule has 6 nitrogen and oxygen atoms in total. The van der Waals surface area contributed by atoms with Gasteiger partial charge in [-0.25, -0.2) is 0 Å². The molecule has 0 radical (unpaired) electrons. The molecular formula is C20H26ClN3O3. The van der Waals surface area contributed by atoms with Gasteiger partial charge < -0.3 is 26.2 Å². The number of amides is 1. The van der Waals surface area contributed by atoms with Crippen molar-refractivity contribution >= 4 is 23.2 Å². The van der Waals surface area contributed by atoms with Gasteiger partial charge in [-0.1, -0.05) is 17.7 Å². The van der Waals surface area contributed by atoms with E-state index in [0.29, 0.717) is 23.2 Å². The molecule has 0 spiro atoms. The Morgan fingerprint density at radius 3 is 2.56 bits per heavy atom. The third-order valence-electron chi connectivity index (χ3n) is 4.64. The minimum atomic E-state index is -0.798. The number of benzene rings is 2. The molecule has 0 aliphatic carbocycles. The highest BCUT2D eigenvalue weighted by atomic mass is 35.5. The highest BCUT2D eigenvalue weighted by Crippen LogP contribution is 2.22. The number of rotatable bonds is 9. The largest absolute Gasteiger partial charge is 0.507 e. The summed E-state index contributed by atoms with van der Waals surface area (Å²) < 4.78 is 0. The van der Waals surface area contributed by atoms with Gasteiger partial charge in [-0.05, 0) is 61.9 Å². The van der Waals surface area contributed by atoms with Crippen molar-refractivity contribution in [3.63, 3.8) is 0 Å². The Morgan fingerprint density at radius 2 is 1.93 bits per heavy atom. The van der Waals surface area contributed by atoms with Gasteiger partial charge in [0, 0.05) is 30.3 Å². The topological polar surface area (TPSA) is 98.8 Å². The molecule has 2 rings (SSSR count). The van der Waals surface area contributed by atoms with E-state index in [-0.39, 0.29) is 11.3 Å². The van der Waals surface area contributed by atoms with Crippen LogP contribution in [0.2, 0.25) is 5.02 Å². The van der Waals surface area contributed by atoms with Crippen LogP contribution in [0.25, 0.3) is 0 Å². The monoisotopic (exact) mass is 391 g/mol. The van der Waals surface area contributed by atoms with Gasteiger partial charge in [-0.3, -0.25) is 4.79 Å². The van der Waals surface area contributed by atoms with Crippen molar-refractivity contribution in [2.24, 2.45) is 5.73 Å². The van der Waals surface area contributed by atoms with Crippen LogP contribution in [-0.2, 0) is 0 Å². The maximum Gasteiger partial charge on any atom is 0.252 e. The summed E-state index contributed by atoms with van der Waals surface area (Å²) in [4.78, 5) is 13.5. The number of nitrogens with two attached hydrogens (primary N) is 1. The number of carbonyl (C=O) groups excluding carboxylic acids is 1. The summed E-state index contributed by atoms with van der Waals surface area (Å²) in [6, 6.07) is 12.4. The molecule has 146 valence electrons. The summed E-state index contributed by atoms with van der Waals surface area (Å²) in [6.45, 7) is 3.18. The normalized spacial score (nSPS) is 13.2. The van der Waals surface area contributed by atoms with E-state index in [4.69, 9.17) is 17.3 Å². The number of aromatic hydroxyl groups is 1. The third-order valence-corrected chi connectivity index (χ3v) is 4.89. The summed E-state index contributed by atoms with van der Waals surface area (Å²) in [5.41, 5.74) is 6.84. The molecule has 0 heterocycles. The molecule has 0 aromatic heterocycles. The number of carbonyl (C=O) groups is 1. The first-order valence-electron chi connectivity index (χ1n) is 8.79. The van der Waals surface area contributed by atoms with E-state index in [9.17, 15) is 15.0 Å². The van der Waals surface area contributed by atoms with Gasteiger partial charge in [0.2, 0.25) is 0 Å². The molecule has 0 saturated carbocycles. The van der Waals surface area contributed by atoms with Gasteiger partial charge >= 0.3 is 0 Å². The summed E-state index contributed by atoms with van der Waals surface area (Å²) in [5, 5.41) is 23.8. The van der Waals surface area contributed by atoms with Crippen LogP contribution in [0.3, 0.4) is 0 Å². The van der Waals surface area contributed by atoms with Crippen molar-refractivity contribution in [2.45, 2.75) is 25.5 Å². The van der Waals surface area contributed by atoms with Crippen LogP contribution >= 0.6 is 11.6 Å². The predicted octanol–water partition coefficient (Wildman–Crippen LogP) is 2.68. The fourth-order valence-electron chi connectivity index (χ4n) is 2.75. The minimum Gasteiger partial charge on any atom is -0.507 e. The number of nitrogens with zero attached hydrogens (tertiary/aromatic N) is 1. The van der Waals surface area contributed by atoms with Crippen LogP contribution in [-0.4, -0.2) is 42.3 Å². The van der Waals surface area contributed by atoms with E-state index in [1.165, 1.54) is 12.1 Å². The average molecular weight is 392 g/mol. The number of primary amides is 1. The molecule has 5 N–H and O–H groups in total. The molecule has 1 amide bonds. The lowest BCUT2D eigenvalue weighted by Crippen LogP contribution is -2.33. The van der Waals surface area contributed by atoms with Crippen LogP contribution in [0.5, 0.6) is 5.75 Å². The first kappa shape index (κ1) is 21.0. The van der Waals surface area contributed by atoms with E-state index in [1.807, 2.05) is 31.3 Å². The summed E-state index contributed by atoms with van der Waals surface area (Å²) in [7, 11) is 2.03. The second-order valence-electron chi connectivity index (χ2n) is 6.59. The van der Waals surface area contributed by atoms with E-state index in [1.54, 1.807) is 6.07 Å². The maximum absolute atomic E-state index is 11.3. The Bertz CT molecular complexity index is 768. The number of aliphatic hydroxyl groups is 1. The number of nitrogens with one attached hydrogen (secondary N) is 1. The highest BCUT2D eigenvalue weighted by Gasteiger charge is 2.14. The fourth-order valence-corrected chi connectivity index (χ4v) is 2.88. The Labute approximate surface area is 164 Å². The van der Waals surface area contributed by atoms with Gasteiger partial charge in [0.05, 0.1) is 11.7 Å². The molecule has 2 aromatic rings. The fraction of sp³-hybridized carbons (Fsp3) is 0.350. The number of aliphatic hydroxyl groups excluding tert-OH is 1. The Kier molecular flexibility index (Phi) is 7.47. The molecule has 7 heteroatoms. The number of anilines is 1. The molecule has 2 unspecified atom stereocenters. The molecule has 0 aliphatic heterocycles. The van der Waals surface area contributed by atoms with E-state index in [0.717, 1.165) is 18.7 Å². The number of halogens is 1. The Hall–Kier alpha value is -2.28. The van der Waals surface area contributed by atoms with Gasteiger partial charge in [-0.2, -0.15) is 0 Å². The van der Waals surface area contributed by atoms with Gasteiger partial charge in [-0.15, -0.1) is 0 Å². The minimum absolute atomic E-state index is 0.00441. The number of hydrogen-bond donors (Lipinski definition) is 4. The van der Waals surface area contributed by atoms with E-state index < -0.39 is 12.0 Å². The molecule has 2 aromatic carbocycles. The SMILES string of the molecule is CC(CCNCC(O)c1ccc(O)c(C(N)=O)c1)N(C)c1ccc(Cl)cc1. The summed E-state index contributed by atoms with van der Waals surface area (Å²) in [6.07, 6.45) is 0.0847. The van der Waals surface area contributed by atoms with Crippen molar-refractivity contribution < 1.29 is 15.0 Å². The van der Waals surface area contributed by atoms with Gasteiger partial charge in [0.25, 0.3) is 5.91 Å². The molecule has 0 fully saturated rings.